The molecule has 1 fully saturated rings. The fraction of sp³-hybridized carbons (Fsp3) is 0.588. The van der Waals surface area contributed by atoms with Gasteiger partial charge in [0.15, 0.2) is 0 Å². The molecule has 1 aromatic rings. The molecule has 2 atom stereocenters. The quantitative estimate of drug-likeness (QED) is 0.725. The first-order chi connectivity index (χ1) is 11.6. The summed E-state index contributed by atoms with van der Waals surface area (Å²) in [6.07, 6.45) is -0.215. The summed E-state index contributed by atoms with van der Waals surface area (Å²) >= 11 is 0. The molecular formula is C17H27N3O4S. The minimum absolute atomic E-state index is 0.144. The summed E-state index contributed by atoms with van der Waals surface area (Å²) in [6, 6.07) is 6.44. The van der Waals surface area contributed by atoms with Gasteiger partial charge in [-0.2, -0.15) is 0 Å². The third-order valence-electron chi connectivity index (χ3n) is 3.61. The largest absolute Gasteiger partial charge is 0.375 e. The molecule has 1 aromatic carbocycles. The van der Waals surface area contributed by atoms with Gasteiger partial charge in [0.2, 0.25) is 15.9 Å². The van der Waals surface area contributed by atoms with E-state index in [2.05, 4.69) is 15.4 Å². The van der Waals surface area contributed by atoms with Crippen molar-refractivity contribution in [2.24, 2.45) is 0 Å². The van der Waals surface area contributed by atoms with Crippen LogP contribution in [0.1, 0.15) is 33.3 Å². The van der Waals surface area contributed by atoms with Gasteiger partial charge in [0, 0.05) is 17.8 Å². The minimum Gasteiger partial charge on any atom is -0.375 e. The number of benzene rings is 1. The smallest absolute Gasteiger partial charge is 0.244 e. The second kappa shape index (κ2) is 7.82. The third kappa shape index (κ3) is 6.39. The summed E-state index contributed by atoms with van der Waals surface area (Å²) in [4.78, 5) is 12.4. The van der Waals surface area contributed by atoms with Gasteiger partial charge in [0.1, 0.15) is 6.04 Å². The van der Waals surface area contributed by atoms with Crippen molar-refractivity contribution in [3.8, 4) is 0 Å². The Balaban J connectivity index is 2.04. The molecular weight excluding hydrogens is 342 g/mol. The number of hydrogen-bond donors (Lipinski definition) is 3. The van der Waals surface area contributed by atoms with Crippen molar-refractivity contribution in [3.05, 3.63) is 29.8 Å². The molecule has 140 valence electrons. The van der Waals surface area contributed by atoms with Crippen LogP contribution in [0.4, 0.5) is 5.69 Å². The van der Waals surface area contributed by atoms with Crippen LogP contribution < -0.4 is 15.4 Å². The summed E-state index contributed by atoms with van der Waals surface area (Å²) in [5.74, 6) is -0.338. The first kappa shape index (κ1) is 19.8. The van der Waals surface area contributed by atoms with Crippen molar-refractivity contribution in [2.75, 3.05) is 18.5 Å². The van der Waals surface area contributed by atoms with E-state index in [1.807, 2.05) is 6.92 Å². The number of ether oxygens (including phenoxy) is 1. The molecule has 0 spiro atoms. The van der Waals surface area contributed by atoms with Crippen molar-refractivity contribution in [1.82, 2.24) is 10.0 Å². The number of amides is 1. The Morgan fingerprint density at radius 3 is 2.72 bits per heavy atom. The van der Waals surface area contributed by atoms with E-state index in [0.29, 0.717) is 24.4 Å². The van der Waals surface area contributed by atoms with Crippen LogP contribution in [-0.2, 0) is 25.3 Å². The molecule has 3 N–H and O–H groups in total. The van der Waals surface area contributed by atoms with E-state index in [9.17, 15) is 13.2 Å². The fourth-order valence-electron chi connectivity index (χ4n) is 2.71. The number of hydrogen-bond acceptors (Lipinski definition) is 5. The van der Waals surface area contributed by atoms with Crippen LogP contribution in [0.3, 0.4) is 0 Å². The van der Waals surface area contributed by atoms with Crippen molar-refractivity contribution < 1.29 is 17.9 Å². The molecule has 0 radical (unpaired) electrons. The fourth-order valence-corrected chi connectivity index (χ4v) is 4.33. The highest BCUT2D eigenvalue weighted by Crippen LogP contribution is 2.16. The number of nitrogens with one attached hydrogen (secondary N) is 3. The Hall–Kier alpha value is -1.48. The van der Waals surface area contributed by atoms with Crippen LogP contribution in [-0.4, -0.2) is 45.2 Å². The van der Waals surface area contributed by atoms with Crippen LogP contribution in [0.15, 0.2) is 24.3 Å². The Bertz CT molecular complexity index is 713. The molecule has 0 aliphatic carbocycles. The average molecular weight is 369 g/mol. The first-order valence-electron chi connectivity index (χ1n) is 8.32. The molecule has 0 saturated carbocycles. The van der Waals surface area contributed by atoms with Gasteiger partial charge in [-0.15, -0.1) is 0 Å². The molecule has 0 bridgehead atoms. The van der Waals surface area contributed by atoms with Gasteiger partial charge in [0.25, 0.3) is 0 Å². The lowest BCUT2D eigenvalue weighted by Gasteiger charge is -2.29. The monoisotopic (exact) mass is 369 g/mol. The van der Waals surface area contributed by atoms with E-state index in [1.165, 1.54) is 0 Å². The standard InChI is InChI=1S/C17H27N3O4S/c1-12-15(18-8-9-24-12)16(21)19-14-7-5-6-13(10-14)11-25(22,23)20-17(2,3)4/h5-7,10,12,15,18,20H,8-9,11H2,1-4H3,(H,19,21)/t12-,15+/m1/s1. The van der Waals surface area contributed by atoms with E-state index in [1.54, 1.807) is 45.0 Å². The number of carbonyl (C=O) groups is 1. The predicted octanol–water partition coefficient (Wildman–Crippen LogP) is 1.22. The molecule has 1 saturated heterocycles. The zero-order chi connectivity index (χ0) is 18.7. The summed E-state index contributed by atoms with van der Waals surface area (Å²) < 4.78 is 32.5. The van der Waals surface area contributed by atoms with Gasteiger partial charge >= 0.3 is 0 Å². The maximum Gasteiger partial charge on any atom is 0.244 e. The van der Waals surface area contributed by atoms with Crippen LogP contribution in [0.5, 0.6) is 0 Å². The number of carbonyl (C=O) groups excluding carboxylic acids is 1. The molecule has 1 aliphatic rings. The van der Waals surface area contributed by atoms with Crippen LogP contribution in [0.25, 0.3) is 0 Å². The minimum atomic E-state index is -3.46. The van der Waals surface area contributed by atoms with Crippen LogP contribution in [0, 0.1) is 0 Å². The van der Waals surface area contributed by atoms with Crippen LogP contribution >= 0.6 is 0 Å². The molecule has 0 unspecified atom stereocenters. The third-order valence-corrected chi connectivity index (χ3v) is 5.25. The van der Waals surface area contributed by atoms with Gasteiger partial charge in [-0.1, -0.05) is 12.1 Å². The molecule has 25 heavy (non-hydrogen) atoms. The lowest BCUT2D eigenvalue weighted by molar-refractivity contribution is -0.123. The SMILES string of the molecule is C[C@H]1OCCN[C@@H]1C(=O)Nc1cccc(CS(=O)(=O)NC(C)(C)C)c1. The zero-order valence-corrected chi connectivity index (χ0v) is 15.9. The Morgan fingerprint density at radius 1 is 1.36 bits per heavy atom. The van der Waals surface area contributed by atoms with Gasteiger partial charge in [-0.25, -0.2) is 13.1 Å². The maximum absolute atomic E-state index is 12.4. The second-order valence-corrected chi connectivity index (χ2v) is 9.03. The Labute approximate surface area is 149 Å². The summed E-state index contributed by atoms with van der Waals surface area (Å²) in [7, 11) is -3.46. The number of morpholine rings is 1. The van der Waals surface area contributed by atoms with Crippen LogP contribution in [0.2, 0.25) is 0 Å². The predicted molar refractivity (Wildman–Crippen MR) is 97.8 cm³/mol. The van der Waals surface area contributed by atoms with Gasteiger partial charge < -0.3 is 15.4 Å². The van der Waals surface area contributed by atoms with E-state index >= 15 is 0 Å². The highest BCUT2D eigenvalue weighted by atomic mass is 32.2. The van der Waals surface area contributed by atoms with E-state index in [0.717, 1.165) is 0 Å². The highest BCUT2D eigenvalue weighted by Gasteiger charge is 2.28. The highest BCUT2D eigenvalue weighted by molar-refractivity contribution is 7.88. The lowest BCUT2D eigenvalue weighted by Crippen LogP contribution is -2.53. The van der Waals surface area contributed by atoms with E-state index in [-0.39, 0.29) is 17.8 Å². The van der Waals surface area contributed by atoms with Gasteiger partial charge in [-0.05, 0) is 45.4 Å². The van der Waals surface area contributed by atoms with Crippen molar-refractivity contribution in [2.45, 2.75) is 51.1 Å². The summed E-state index contributed by atoms with van der Waals surface area (Å²) in [5.41, 5.74) is 0.636. The maximum atomic E-state index is 12.4. The van der Waals surface area contributed by atoms with Crippen molar-refractivity contribution in [3.63, 3.8) is 0 Å². The topological polar surface area (TPSA) is 96.5 Å². The molecule has 1 amide bonds. The first-order valence-corrected chi connectivity index (χ1v) is 9.97. The molecule has 0 aromatic heterocycles. The lowest BCUT2D eigenvalue weighted by atomic mass is 10.1. The number of rotatable bonds is 5. The second-order valence-electron chi connectivity index (χ2n) is 7.31. The summed E-state index contributed by atoms with van der Waals surface area (Å²) in [6.45, 7) is 8.43. The normalized spacial score (nSPS) is 21.8. The van der Waals surface area contributed by atoms with E-state index in [4.69, 9.17) is 4.74 Å². The zero-order valence-electron chi connectivity index (χ0n) is 15.1. The number of anilines is 1. The summed E-state index contributed by atoms with van der Waals surface area (Å²) in [5, 5.41) is 5.94. The Kier molecular flexibility index (Phi) is 6.21. The number of sulfonamides is 1. The van der Waals surface area contributed by atoms with Gasteiger partial charge in [-0.3, -0.25) is 4.79 Å². The van der Waals surface area contributed by atoms with Crippen molar-refractivity contribution in [1.29, 1.82) is 0 Å². The van der Waals surface area contributed by atoms with Gasteiger partial charge in [0.05, 0.1) is 18.5 Å². The van der Waals surface area contributed by atoms with E-state index < -0.39 is 21.6 Å². The van der Waals surface area contributed by atoms with Crippen molar-refractivity contribution >= 4 is 21.6 Å². The molecule has 8 heteroatoms. The molecule has 2 rings (SSSR count). The molecule has 1 aliphatic heterocycles. The molecule has 7 nitrogen and oxygen atoms in total. The Morgan fingerprint density at radius 2 is 2.08 bits per heavy atom. The molecule has 1 heterocycles. The average Bonchev–Trinajstić information content (AvgIpc) is 2.44.